The van der Waals surface area contributed by atoms with Crippen LogP contribution in [-0.4, -0.2) is 12.4 Å². The highest BCUT2D eigenvalue weighted by Crippen LogP contribution is 2.34. The number of nitrogens with zero attached hydrogens (tertiary/aromatic N) is 1. The van der Waals surface area contributed by atoms with Gasteiger partial charge in [0.25, 0.3) is 10.0 Å². The fraction of sp³-hybridized carbons (Fsp3) is 0.0476. The van der Waals surface area contributed by atoms with E-state index in [2.05, 4.69) is 15.9 Å². The predicted octanol–water partition coefficient (Wildman–Crippen LogP) is 5.76. The van der Waals surface area contributed by atoms with Gasteiger partial charge in [-0.2, -0.15) is 0 Å². The van der Waals surface area contributed by atoms with Crippen molar-refractivity contribution >= 4 is 36.9 Å². The van der Waals surface area contributed by atoms with Crippen LogP contribution in [0.15, 0.2) is 82.3 Å². The molecule has 0 unspecified atom stereocenters. The van der Waals surface area contributed by atoms with E-state index in [1.807, 2.05) is 13.0 Å². The number of halogens is 2. The average Bonchev–Trinajstić information content (AvgIpc) is 3.02. The Morgan fingerprint density at radius 2 is 1.59 bits per heavy atom. The molecule has 6 heteroatoms. The third-order valence-electron chi connectivity index (χ3n) is 4.47. The summed E-state index contributed by atoms with van der Waals surface area (Å²) in [4.78, 5) is 0.221. The highest BCUT2D eigenvalue weighted by atomic mass is 79.9. The largest absolute Gasteiger partial charge is 0.268 e. The number of aromatic nitrogens is 1. The number of fused-ring (bicyclic) bond motifs is 1. The quantitative estimate of drug-likeness (QED) is 0.403. The molecule has 0 N–H and O–H groups in total. The van der Waals surface area contributed by atoms with Gasteiger partial charge in [0, 0.05) is 21.6 Å². The van der Waals surface area contributed by atoms with E-state index in [-0.39, 0.29) is 10.7 Å². The molecule has 1 aromatic heterocycles. The van der Waals surface area contributed by atoms with Crippen LogP contribution in [0.5, 0.6) is 0 Å². The van der Waals surface area contributed by atoms with E-state index in [1.165, 1.54) is 16.1 Å². The molecule has 3 aromatic carbocycles. The first-order valence-corrected chi connectivity index (χ1v) is 10.5. The summed E-state index contributed by atoms with van der Waals surface area (Å²) in [6.45, 7) is 1.91. The van der Waals surface area contributed by atoms with Crippen LogP contribution in [-0.2, 0) is 10.0 Å². The van der Waals surface area contributed by atoms with Crippen molar-refractivity contribution in [2.75, 3.05) is 0 Å². The lowest BCUT2D eigenvalue weighted by Gasteiger charge is -2.08. The summed E-state index contributed by atoms with van der Waals surface area (Å²) in [6.07, 6.45) is 1.60. The molecule has 4 aromatic rings. The van der Waals surface area contributed by atoms with Crippen LogP contribution < -0.4 is 0 Å². The molecule has 0 spiro atoms. The Kier molecular flexibility index (Phi) is 4.40. The van der Waals surface area contributed by atoms with Crippen molar-refractivity contribution in [2.45, 2.75) is 11.8 Å². The fourth-order valence-corrected chi connectivity index (χ4v) is 4.79. The molecule has 4 rings (SSSR count). The van der Waals surface area contributed by atoms with Crippen molar-refractivity contribution in [3.8, 4) is 11.1 Å². The average molecular weight is 444 g/mol. The second-order valence-electron chi connectivity index (χ2n) is 6.33. The molecule has 1 heterocycles. The molecule has 136 valence electrons. The van der Waals surface area contributed by atoms with E-state index in [0.717, 1.165) is 26.5 Å². The van der Waals surface area contributed by atoms with Crippen molar-refractivity contribution in [3.63, 3.8) is 0 Å². The molecule has 0 saturated carbocycles. The molecule has 0 radical (unpaired) electrons. The van der Waals surface area contributed by atoms with E-state index in [0.29, 0.717) is 5.52 Å². The van der Waals surface area contributed by atoms with Crippen molar-refractivity contribution in [3.05, 3.63) is 88.8 Å². The third kappa shape index (κ3) is 3.19. The fourth-order valence-electron chi connectivity index (χ4n) is 3.05. The van der Waals surface area contributed by atoms with E-state index in [1.54, 1.807) is 54.7 Å². The van der Waals surface area contributed by atoms with Crippen molar-refractivity contribution < 1.29 is 12.8 Å². The molecule has 0 saturated heterocycles. The maximum atomic E-state index is 13.3. The molecule has 0 bridgehead atoms. The second kappa shape index (κ2) is 6.62. The smallest absolute Gasteiger partial charge is 0.241 e. The molecule has 27 heavy (non-hydrogen) atoms. The monoisotopic (exact) mass is 443 g/mol. The van der Waals surface area contributed by atoms with Crippen molar-refractivity contribution in [2.24, 2.45) is 0 Å². The highest BCUT2D eigenvalue weighted by Gasteiger charge is 2.22. The van der Waals surface area contributed by atoms with Gasteiger partial charge in [0.2, 0.25) is 0 Å². The minimum atomic E-state index is -3.76. The Hall–Kier alpha value is -2.44. The number of hydrogen-bond donors (Lipinski definition) is 0. The number of benzene rings is 3. The Bertz CT molecular complexity index is 1240. The van der Waals surface area contributed by atoms with E-state index in [9.17, 15) is 12.8 Å². The van der Waals surface area contributed by atoms with Crippen molar-refractivity contribution in [1.82, 2.24) is 3.97 Å². The van der Waals surface area contributed by atoms with Crippen LogP contribution in [0.4, 0.5) is 4.39 Å². The molecule has 0 amide bonds. The van der Waals surface area contributed by atoms with Crippen LogP contribution in [0.3, 0.4) is 0 Å². The summed E-state index contributed by atoms with van der Waals surface area (Å²) < 4.78 is 41.9. The summed E-state index contributed by atoms with van der Waals surface area (Å²) in [5, 5.41) is 0.770. The zero-order valence-electron chi connectivity index (χ0n) is 14.4. The molecule has 0 aliphatic carbocycles. The summed E-state index contributed by atoms with van der Waals surface area (Å²) in [5.74, 6) is -0.337. The van der Waals surface area contributed by atoms with Gasteiger partial charge in [-0.3, -0.25) is 0 Å². The molecule has 3 nitrogen and oxygen atoms in total. The summed E-state index contributed by atoms with van der Waals surface area (Å²) >= 11 is 3.44. The van der Waals surface area contributed by atoms with Gasteiger partial charge >= 0.3 is 0 Å². The first-order chi connectivity index (χ1) is 12.9. The predicted molar refractivity (Wildman–Crippen MR) is 109 cm³/mol. The highest BCUT2D eigenvalue weighted by molar-refractivity contribution is 9.10. The van der Waals surface area contributed by atoms with E-state index in [4.69, 9.17) is 0 Å². The van der Waals surface area contributed by atoms with Crippen LogP contribution in [0.25, 0.3) is 22.0 Å². The Morgan fingerprint density at radius 3 is 2.26 bits per heavy atom. The van der Waals surface area contributed by atoms with Gasteiger partial charge in [0.15, 0.2) is 0 Å². The van der Waals surface area contributed by atoms with Gasteiger partial charge in [0.05, 0.1) is 10.4 Å². The van der Waals surface area contributed by atoms with Crippen LogP contribution >= 0.6 is 15.9 Å². The molecular weight excluding hydrogens is 429 g/mol. The zero-order valence-corrected chi connectivity index (χ0v) is 16.8. The summed E-state index contributed by atoms with van der Waals surface area (Å²) in [6, 6.07) is 18.2. The first-order valence-electron chi connectivity index (χ1n) is 8.25. The van der Waals surface area contributed by atoms with E-state index < -0.39 is 10.0 Å². The number of rotatable bonds is 3. The lowest BCUT2D eigenvalue weighted by Crippen LogP contribution is -2.11. The van der Waals surface area contributed by atoms with Crippen LogP contribution in [0, 0.1) is 12.7 Å². The Labute approximate surface area is 165 Å². The van der Waals surface area contributed by atoms with Gasteiger partial charge in [0.1, 0.15) is 5.82 Å². The number of aryl methyl sites for hydroxylation is 1. The maximum absolute atomic E-state index is 13.3. The lowest BCUT2D eigenvalue weighted by atomic mass is 10.1. The van der Waals surface area contributed by atoms with Gasteiger partial charge in [-0.1, -0.05) is 45.8 Å². The van der Waals surface area contributed by atoms with Crippen molar-refractivity contribution in [1.29, 1.82) is 0 Å². The second-order valence-corrected chi connectivity index (χ2v) is 9.06. The molecular formula is C21H15BrFNO2S. The Morgan fingerprint density at radius 1 is 0.926 bits per heavy atom. The lowest BCUT2D eigenvalue weighted by molar-refractivity contribution is 0.589. The minimum absolute atomic E-state index is 0.221. The molecule has 0 aliphatic rings. The minimum Gasteiger partial charge on any atom is -0.241 e. The van der Waals surface area contributed by atoms with Crippen LogP contribution in [0.2, 0.25) is 0 Å². The zero-order chi connectivity index (χ0) is 19.2. The first kappa shape index (κ1) is 17.9. The van der Waals surface area contributed by atoms with Crippen LogP contribution in [0.1, 0.15) is 5.56 Å². The number of hydrogen-bond acceptors (Lipinski definition) is 2. The third-order valence-corrected chi connectivity index (χ3v) is 6.65. The summed E-state index contributed by atoms with van der Waals surface area (Å²) in [5.41, 5.74) is 3.03. The SMILES string of the molecule is Cc1ccc(S(=O)(=O)n2cc(-c3ccc(F)cc3)c3cc(Br)ccc32)cc1. The topological polar surface area (TPSA) is 39.1 Å². The van der Waals surface area contributed by atoms with Gasteiger partial charge < -0.3 is 0 Å². The molecule has 0 atom stereocenters. The molecule has 0 fully saturated rings. The maximum Gasteiger partial charge on any atom is 0.268 e. The normalized spacial score (nSPS) is 11.8. The van der Waals surface area contributed by atoms with E-state index >= 15 is 0 Å². The standard InChI is InChI=1S/C21H15BrFNO2S/c1-14-2-9-18(10-3-14)27(25,26)24-13-20(15-4-7-17(23)8-5-15)19-12-16(22)6-11-21(19)24/h2-13H,1H3. The van der Waals surface area contributed by atoms with Gasteiger partial charge in [-0.15, -0.1) is 0 Å². The molecule has 0 aliphatic heterocycles. The van der Waals surface area contributed by atoms with Gasteiger partial charge in [-0.05, 0) is 55.0 Å². The van der Waals surface area contributed by atoms with Gasteiger partial charge in [-0.25, -0.2) is 16.8 Å². The Balaban J connectivity index is 1.99. The summed E-state index contributed by atoms with van der Waals surface area (Å²) in [7, 11) is -3.76.